The Bertz CT molecular complexity index is 865. The molecule has 1 unspecified atom stereocenters. The predicted octanol–water partition coefficient (Wildman–Crippen LogP) is 3.99. The second-order valence-corrected chi connectivity index (χ2v) is 8.94. The molecule has 0 saturated carbocycles. The summed E-state index contributed by atoms with van der Waals surface area (Å²) >= 11 is 6.29. The molecular weight excluding hydrogens is 398 g/mol. The molecule has 6 nitrogen and oxygen atoms in total. The lowest BCUT2D eigenvalue weighted by Crippen LogP contribution is -2.44. The molecular formula is C23H32ClN5O. The number of rotatable bonds is 6. The lowest BCUT2D eigenvalue weighted by molar-refractivity contribution is -0.0149. The molecule has 3 rings (SSSR count). The van der Waals surface area contributed by atoms with Crippen molar-refractivity contribution >= 4 is 23.4 Å². The quantitative estimate of drug-likeness (QED) is 0.537. The van der Waals surface area contributed by atoms with Gasteiger partial charge in [0.2, 0.25) is 0 Å². The highest BCUT2D eigenvalue weighted by Gasteiger charge is 2.25. The van der Waals surface area contributed by atoms with Gasteiger partial charge in [-0.2, -0.15) is 0 Å². The standard InChI is InChI=1S/C23H32ClN5O/c1-23(2,3)30-16-18-8-5-7-17(13-18)14-27-22(25-4)28-19-10-12-29(15-19)21-20(24)9-6-11-26-21/h5-9,11,13,19H,10,12,14-16H2,1-4H3,(H2,25,27,28). The maximum atomic E-state index is 6.29. The number of nitrogens with zero attached hydrogens (tertiary/aromatic N) is 3. The normalized spacial score (nSPS) is 17.3. The lowest BCUT2D eigenvalue weighted by Gasteiger charge is -2.21. The van der Waals surface area contributed by atoms with Gasteiger partial charge < -0.3 is 20.3 Å². The summed E-state index contributed by atoms with van der Waals surface area (Å²) in [6, 6.07) is 12.5. The number of aromatic nitrogens is 1. The third kappa shape index (κ3) is 6.61. The number of pyridine rings is 1. The first-order valence-corrected chi connectivity index (χ1v) is 10.8. The molecule has 0 spiro atoms. The van der Waals surface area contributed by atoms with Crippen LogP contribution in [0.1, 0.15) is 38.3 Å². The Kier molecular flexibility index (Phi) is 7.56. The van der Waals surface area contributed by atoms with E-state index in [1.54, 1.807) is 13.2 Å². The summed E-state index contributed by atoms with van der Waals surface area (Å²) in [5.74, 6) is 1.64. The average Bonchev–Trinajstić information content (AvgIpc) is 3.18. The fourth-order valence-corrected chi connectivity index (χ4v) is 3.62. The van der Waals surface area contributed by atoms with Gasteiger partial charge in [-0.3, -0.25) is 4.99 Å². The highest BCUT2D eigenvalue weighted by molar-refractivity contribution is 6.32. The minimum atomic E-state index is -0.144. The van der Waals surface area contributed by atoms with Crippen LogP contribution in [0, 0.1) is 0 Å². The number of anilines is 1. The topological polar surface area (TPSA) is 61.8 Å². The van der Waals surface area contributed by atoms with Crippen LogP contribution in [0.3, 0.4) is 0 Å². The van der Waals surface area contributed by atoms with Crippen molar-refractivity contribution in [1.82, 2.24) is 15.6 Å². The van der Waals surface area contributed by atoms with E-state index in [0.717, 1.165) is 31.3 Å². The third-order valence-corrected chi connectivity index (χ3v) is 5.21. The van der Waals surface area contributed by atoms with E-state index in [9.17, 15) is 0 Å². The molecule has 1 atom stereocenters. The zero-order valence-corrected chi connectivity index (χ0v) is 19.0. The van der Waals surface area contributed by atoms with Gasteiger partial charge in [0.15, 0.2) is 5.96 Å². The van der Waals surface area contributed by atoms with Crippen LogP contribution in [0.2, 0.25) is 5.02 Å². The molecule has 0 bridgehead atoms. The molecule has 7 heteroatoms. The van der Waals surface area contributed by atoms with Crippen LogP contribution < -0.4 is 15.5 Å². The molecule has 1 aliphatic heterocycles. The second-order valence-electron chi connectivity index (χ2n) is 8.53. The highest BCUT2D eigenvalue weighted by atomic mass is 35.5. The number of guanidine groups is 1. The van der Waals surface area contributed by atoms with Crippen LogP contribution in [0.5, 0.6) is 0 Å². The Balaban J connectivity index is 1.50. The minimum Gasteiger partial charge on any atom is -0.371 e. The van der Waals surface area contributed by atoms with Gasteiger partial charge in [-0.25, -0.2) is 4.98 Å². The van der Waals surface area contributed by atoms with E-state index in [2.05, 4.69) is 70.5 Å². The summed E-state index contributed by atoms with van der Waals surface area (Å²) in [7, 11) is 1.80. The fraction of sp³-hybridized carbons (Fsp3) is 0.478. The van der Waals surface area contributed by atoms with Crippen molar-refractivity contribution in [2.75, 3.05) is 25.0 Å². The van der Waals surface area contributed by atoms with E-state index in [4.69, 9.17) is 16.3 Å². The van der Waals surface area contributed by atoms with Crippen molar-refractivity contribution in [3.05, 3.63) is 58.7 Å². The molecule has 162 valence electrons. The van der Waals surface area contributed by atoms with E-state index < -0.39 is 0 Å². The van der Waals surface area contributed by atoms with Crippen LogP contribution >= 0.6 is 11.6 Å². The van der Waals surface area contributed by atoms with Gasteiger partial charge >= 0.3 is 0 Å². The molecule has 1 aromatic carbocycles. The average molecular weight is 430 g/mol. The molecule has 1 aliphatic rings. The molecule has 2 heterocycles. The second kappa shape index (κ2) is 10.1. The van der Waals surface area contributed by atoms with Gasteiger partial charge in [0.1, 0.15) is 5.82 Å². The summed E-state index contributed by atoms with van der Waals surface area (Å²) in [5, 5.41) is 7.62. The molecule has 2 N–H and O–H groups in total. The number of hydrogen-bond donors (Lipinski definition) is 2. The van der Waals surface area contributed by atoms with E-state index >= 15 is 0 Å². The summed E-state index contributed by atoms with van der Waals surface area (Å²) in [5.41, 5.74) is 2.22. The maximum Gasteiger partial charge on any atom is 0.191 e. The molecule has 0 amide bonds. The minimum absolute atomic E-state index is 0.144. The van der Waals surface area contributed by atoms with E-state index in [1.807, 2.05) is 12.1 Å². The van der Waals surface area contributed by atoms with Gasteiger partial charge in [-0.1, -0.05) is 35.9 Å². The monoisotopic (exact) mass is 429 g/mol. The Morgan fingerprint density at radius 3 is 2.80 bits per heavy atom. The van der Waals surface area contributed by atoms with Gasteiger partial charge in [0.25, 0.3) is 0 Å². The summed E-state index contributed by atoms with van der Waals surface area (Å²) in [4.78, 5) is 11.0. The molecule has 1 aromatic heterocycles. The van der Waals surface area contributed by atoms with Gasteiger partial charge in [-0.05, 0) is 50.5 Å². The van der Waals surface area contributed by atoms with E-state index in [-0.39, 0.29) is 5.60 Å². The molecule has 30 heavy (non-hydrogen) atoms. The van der Waals surface area contributed by atoms with Gasteiger partial charge in [0, 0.05) is 38.9 Å². The maximum absolute atomic E-state index is 6.29. The first-order valence-electron chi connectivity index (χ1n) is 10.4. The fourth-order valence-electron chi connectivity index (χ4n) is 3.38. The van der Waals surface area contributed by atoms with E-state index in [0.29, 0.717) is 24.2 Å². The third-order valence-electron chi connectivity index (χ3n) is 4.91. The molecule has 0 aliphatic carbocycles. The zero-order chi connectivity index (χ0) is 21.6. The van der Waals surface area contributed by atoms with Gasteiger partial charge in [-0.15, -0.1) is 0 Å². The number of nitrogens with one attached hydrogen (secondary N) is 2. The number of aliphatic imine (C=N–C) groups is 1. The molecule has 1 fully saturated rings. The van der Waals surface area contributed by atoms with Crippen molar-refractivity contribution in [1.29, 1.82) is 0 Å². The Morgan fingerprint density at radius 1 is 1.27 bits per heavy atom. The van der Waals surface area contributed by atoms with Crippen molar-refractivity contribution < 1.29 is 4.74 Å². The molecule has 1 saturated heterocycles. The number of benzene rings is 1. The van der Waals surface area contributed by atoms with Crippen LogP contribution in [0.25, 0.3) is 0 Å². The Morgan fingerprint density at radius 2 is 2.07 bits per heavy atom. The SMILES string of the molecule is CN=C(NCc1cccc(COC(C)(C)C)c1)NC1CCN(c2ncccc2Cl)C1. The first kappa shape index (κ1) is 22.4. The van der Waals surface area contributed by atoms with Crippen molar-refractivity contribution in [3.8, 4) is 0 Å². The highest BCUT2D eigenvalue weighted by Crippen LogP contribution is 2.25. The zero-order valence-electron chi connectivity index (χ0n) is 18.3. The number of halogens is 1. The lowest BCUT2D eigenvalue weighted by atomic mass is 10.1. The first-order chi connectivity index (χ1) is 14.3. The van der Waals surface area contributed by atoms with Crippen LogP contribution in [0.15, 0.2) is 47.6 Å². The Labute approximate surface area is 184 Å². The smallest absolute Gasteiger partial charge is 0.191 e. The number of hydrogen-bond acceptors (Lipinski definition) is 4. The summed E-state index contributed by atoms with van der Waals surface area (Å²) in [6.07, 6.45) is 2.79. The number of ether oxygens (including phenoxy) is 1. The largest absolute Gasteiger partial charge is 0.371 e. The molecule has 0 radical (unpaired) electrons. The summed E-state index contributed by atoms with van der Waals surface area (Å²) < 4.78 is 5.89. The van der Waals surface area contributed by atoms with Crippen molar-refractivity contribution in [2.45, 2.75) is 52.0 Å². The van der Waals surface area contributed by atoms with Gasteiger partial charge in [0.05, 0.1) is 17.2 Å². The molecule has 2 aromatic rings. The summed E-state index contributed by atoms with van der Waals surface area (Å²) in [6.45, 7) is 9.28. The Hall–Kier alpha value is -2.31. The van der Waals surface area contributed by atoms with Crippen molar-refractivity contribution in [2.24, 2.45) is 4.99 Å². The van der Waals surface area contributed by atoms with Crippen LogP contribution in [0.4, 0.5) is 5.82 Å². The van der Waals surface area contributed by atoms with Crippen molar-refractivity contribution in [3.63, 3.8) is 0 Å². The van der Waals surface area contributed by atoms with Crippen LogP contribution in [-0.4, -0.2) is 42.7 Å². The predicted molar refractivity (Wildman–Crippen MR) is 124 cm³/mol. The van der Waals surface area contributed by atoms with E-state index in [1.165, 1.54) is 11.1 Å². The van der Waals surface area contributed by atoms with Crippen LogP contribution in [-0.2, 0) is 17.9 Å².